The van der Waals surface area contributed by atoms with Crippen LogP contribution in [0.3, 0.4) is 0 Å². The Morgan fingerprint density at radius 2 is 1.87 bits per heavy atom. The first-order valence-corrected chi connectivity index (χ1v) is 18.6. The fourth-order valence-corrected chi connectivity index (χ4v) is 7.81. The highest BCUT2D eigenvalue weighted by Gasteiger charge is 2.51. The molecule has 3 amide bonds. The second kappa shape index (κ2) is 13.9. The van der Waals surface area contributed by atoms with E-state index in [1.807, 2.05) is 49.4 Å². The minimum atomic E-state index is -1.15. The predicted octanol–water partition coefficient (Wildman–Crippen LogP) is 4.83. The lowest BCUT2D eigenvalue weighted by Gasteiger charge is -2.36. The Morgan fingerprint density at radius 1 is 1.12 bits per heavy atom. The molecule has 2 aromatic heterocycles. The predicted molar refractivity (Wildman–Crippen MR) is 197 cm³/mol. The zero-order valence-corrected chi connectivity index (χ0v) is 30.9. The average molecular weight is 730 g/mol. The molecule has 0 saturated heterocycles. The van der Waals surface area contributed by atoms with Gasteiger partial charge < -0.3 is 30.8 Å². The van der Waals surface area contributed by atoms with Crippen molar-refractivity contribution in [1.29, 1.82) is 0 Å². The summed E-state index contributed by atoms with van der Waals surface area (Å²) in [5.74, 6) is -0.486. The van der Waals surface area contributed by atoms with E-state index >= 15 is 0 Å². The van der Waals surface area contributed by atoms with Gasteiger partial charge in [0, 0.05) is 37.8 Å². The fourth-order valence-electron chi connectivity index (χ4n) is 7.56. The summed E-state index contributed by atoms with van der Waals surface area (Å²) in [5.41, 5.74) is 1.27. The number of carbonyl (C=O) groups is 3. The van der Waals surface area contributed by atoms with Gasteiger partial charge in [0.2, 0.25) is 11.8 Å². The number of halogens is 1. The Labute approximate surface area is 308 Å². The molecule has 2 heterocycles. The lowest BCUT2D eigenvalue weighted by Crippen LogP contribution is -2.58. The third-order valence-corrected chi connectivity index (χ3v) is 12.0. The number of aromatic nitrogens is 4. The minimum absolute atomic E-state index is 0.0279. The highest BCUT2D eigenvalue weighted by Crippen LogP contribution is 2.60. The maximum atomic E-state index is 14.2. The zero-order valence-electron chi connectivity index (χ0n) is 30.2. The molecule has 4 aromatic rings. The van der Waals surface area contributed by atoms with Crippen LogP contribution in [0.25, 0.3) is 11.0 Å². The van der Waals surface area contributed by atoms with Crippen molar-refractivity contribution in [3.63, 3.8) is 0 Å². The number of aliphatic hydroxyl groups is 1. The number of aryl methyl sites for hydroxylation is 1. The molecule has 4 atom stereocenters. The van der Waals surface area contributed by atoms with Crippen LogP contribution in [0.1, 0.15) is 98.2 Å². The summed E-state index contributed by atoms with van der Waals surface area (Å²) in [5, 5.41) is 24.3. The molecule has 2 aromatic carbocycles. The van der Waals surface area contributed by atoms with Gasteiger partial charge in [0.15, 0.2) is 0 Å². The smallest absolute Gasteiger partial charge is 0.270 e. The van der Waals surface area contributed by atoms with Crippen molar-refractivity contribution in [2.75, 3.05) is 20.3 Å². The molecule has 0 aliphatic heterocycles. The van der Waals surface area contributed by atoms with E-state index in [4.69, 9.17) is 21.3 Å². The van der Waals surface area contributed by atoms with E-state index < -0.39 is 23.1 Å². The molecule has 0 bridgehead atoms. The van der Waals surface area contributed by atoms with Gasteiger partial charge >= 0.3 is 0 Å². The third kappa shape index (κ3) is 7.08. The molecule has 7 rings (SSSR count). The number of nitrogens with one attached hydrogen (secondary N) is 4. The largest absolute Gasteiger partial charge is 0.388 e. The van der Waals surface area contributed by atoms with Crippen LogP contribution in [0, 0.1) is 11.3 Å². The molecule has 52 heavy (non-hydrogen) atoms. The summed E-state index contributed by atoms with van der Waals surface area (Å²) >= 11 is 6.84. The Balaban J connectivity index is 1.22. The van der Waals surface area contributed by atoms with Crippen LogP contribution in [-0.4, -0.2) is 74.5 Å². The number of hydrogen-bond acceptors (Lipinski definition) is 7. The van der Waals surface area contributed by atoms with E-state index in [1.54, 1.807) is 26.4 Å². The zero-order chi connectivity index (χ0) is 36.8. The number of imidazole rings is 1. The maximum Gasteiger partial charge on any atom is 0.270 e. The Hall–Kier alpha value is -4.26. The van der Waals surface area contributed by atoms with Gasteiger partial charge in [0.1, 0.15) is 17.6 Å². The molecule has 3 fully saturated rings. The number of fused-ring (bicyclic) bond motifs is 1. The van der Waals surface area contributed by atoms with Crippen LogP contribution >= 0.6 is 11.6 Å². The van der Waals surface area contributed by atoms with Crippen LogP contribution in [0.2, 0.25) is 5.02 Å². The van der Waals surface area contributed by atoms with Crippen molar-refractivity contribution >= 4 is 40.4 Å². The summed E-state index contributed by atoms with van der Waals surface area (Å²) in [6.45, 7) is 4.27. The highest BCUT2D eigenvalue weighted by molar-refractivity contribution is 6.31. The van der Waals surface area contributed by atoms with E-state index in [0.717, 1.165) is 37.7 Å². The maximum absolute atomic E-state index is 14.2. The Kier molecular flexibility index (Phi) is 9.68. The molecule has 3 aliphatic rings. The lowest BCUT2D eigenvalue weighted by molar-refractivity contribution is -0.135. The summed E-state index contributed by atoms with van der Waals surface area (Å²) < 4.78 is 7.16. The number of hydrogen-bond donors (Lipinski definition) is 5. The highest BCUT2D eigenvalue weighted by atomic mass is 35.5. The van der Waals surface area contributed by atoms with Crippen LogP contribution in [0.5, 0.6) is 0 Å². The third-order valence-electron chi connectivity index (χ3n) is 11.7. The normalized spacial score (nSPS) is 20.2. The summed E-state index contributed by atoms with van der Waals surface area (Å²) in [6.07, 6.45) is 7.55. The first kappa shape index (κ1) is 36.1. The molecule has 1 unspecified atom stereocenters. The number of carbonyl (C=O) groups excluding carboxylic acids is 3. The molecular weight excluding hydrogens is 682 g/mol. The van der Waals surface area contributed by atoms with Gasteiger partial charge in [-0.15, -0.1) is 0 Å². The monoisotopic (exact) mass is 729 g/mol. The topological polar surface area (TPSA) is 163 Å². The van der Waals surface area contributed by atoms with Crippen molar-refractivity contribution < 1.29 is 24.2 Å². The van der Waals surface area contributed by atoms with Gasteiger partial charge in [-0.3, -0.25) is 19.1 Å². The molecule has 5 N–H and O–H groups in total. The van der Waals surface area contributed by atoms with Crippen molar-refractivity contribution in [2.45, 2.75) is 87.8 Å². The van der Waals surface area contributed by atoms with E-state index in [-0.39, 0.29) is 48.1 Å². The molecule has 3 aliphatic carbocycles. The number of H-pyrrole nitrogens is 1. The standard InChI is InChI=1S/C39H48ClN7O5/c1-37(15-16-37)30(25-10-5-6-11-26(25)40)32(45-34(48)29-14-19-42-47(29)3)33-43-27-13-12-24(20-28(27)44-33)38(2,22-52-4)36(50)46-31(23-8-7-9-23)35(49)41-21-39(51)17-18-39/h5-6,10-14,19-20,23,30-32,51H,7-9,15-18,21-22H2,1-4H3,(H,41,49)(H,43,44)(H,45,48)(H,46,50)/t30-,31+,32-,38?/m0/s1. The average Bonchev–Trinajstić information content (AvgIpc) is 3.91. The van der Waals surface area contributed by atoms with Crippen LogP contribution in [0.4, 0.5) is 0 Å². The molecule has 12 nitrogen and oxygen atoms in total. The molecular formula is C39H48ClN7O5. The number of amides is 3. The van der Waals surface area contributed by atoms with Crippen molar-refractivity contribution in [3.8, 4) is 0 Å². The van der Waals surface area contributed by atoms with Crippen molar-refractivity contribution in [1.82, 2.24) is 35.7 Å². The van der Waals surface area contributed by atoms with E-state index in [9.17, 15) is 19.5 Å². The number of aromatic amines is 1. The van der Waals surface area contributed by atoms with Crippen molar-refractivity contribution in [3.05, 3.63) is 82.4 Å². The SMILES string of the molecule is COCC(C)(C(=O)N[C@@H](C(=O)NCC1(O)CC1)C1CCC1)c1ccc2nc([C@@H](NC(=O)c3ccnn3C)[C@H](c3ccccc3Cl)C3(C)CC3)[nH]c2c1. The first-order valence-electron chi connectivity index (χ1n) is 18.2. The molecule has 0 radical (unpaired) electrons. The summed E-state index contributed by atoms with van der Waals surface area (Å²) in [6, 6.07) is 13.8. The molecule has 0 spiro atoms. The van der Waals surface area contributed by atoms with Gasteiger partial charge in [-0.05, 0) is 92.2 Å². The number of methoxy groups -OCH3 is 1. The number of nitrogens with zero attached hydrogens (tertiary/aromatic N) is 3. The van der Waals surface area contributed by atoms with Crippen LogP contribution < -0.4 is 16.0 Å². The van der Waals surface area contributed by atoms with Gasteiger partial charge in [0.05, 0.1) is 34.7 Å². The quantitative estimate of drug-likeness (QED) is 0.117. The number of benzene rings is 2. The minimum Gasteiger partial charge on any atom is -0.388 e. The van der Waals surface area contributed by atoms with Crippen molar-refractivity contribution in [2.24, 2.45) is 18.4 Å². The van der Waals surface area contributed by atoms with E-state index in [0.29, 0.717) is 46.0 Å². The fraction of sp³-hybridized carbons (Fsp3) is 0.513. The molecule has 276 valence electrons. The second-order valence-corrected chi connectivity index (χ2v) is 16.1. The van der Waals surface area contributed by atoms with Crippen LogP contribution in [0.15, 0.2) is 54.7 Å². The number of ether oxygens (including phenoxy) is 1. The first-order chi connectivity index (χ1) is 24.8. The van der Waals surface area contributed by atoms with Gasteiger partial charge in [0.25, 0.3) is 5.91 Å². The second-order valence-electron chi connectivity index (χ2n) is 15.6. The lowest BCUT2D eigenvalue weighted by atomic mass is 9.77. The molecule has 13 heteroatoms. The van der Waals surface area contributed by atoms with E-state index in [1.165, 1.54) is 4.68 Å². The van der Waals surface area contributed by atoms with E-state index in [2.05, 4.69) is 33.0 Å². The van der Waals surface area contributed by atoms with Gasteiger partial charge in [-0.2, -0.15) is 5.10 Å². The summed E-state index contributed by atoms with van der Waals surface area (Å²) in [7, 11) is 3.28. The number of rotatable bonds is 15. The Morgan fingerprint density at radius 3 is 2.48 bits per heavy atom. The summed E-state index contributed by atoms with van der Waals surface area (Å²) in [4.78, 5) is 49.9. The molecule has 3 saturated carbocycles. The Bertz CT molecular complexity index is 1980. The van der Waals surface area contributed by atoms with Crippen LogP contribution in [-0.2, 0) is 26.8 Å². The van der Waals surface area contributed by atoms with Gasteiger partial charge in [-0.25, -0.2) is 4.98 Å². The van der Waals surface area contributed by atoms with Gasteiger partial charge in [-0.1, -0.05) is 49.2 Å².